The van der Waals surface area contributed by atoms with Crippen LogP contribution in [0.15, 0.2) is 30.5 Å². The summed E-state index contributed by atoms with van der Waals surface area (Å²) in [6.07, 6.45) is -3.18. The van der Waals surface area contributed by atoms with E-state index in [0.29, 0.717) is 5.69 Å². The van der Waals surface area contributed by atoms with Crippen molar-refractivity contribution < 1.29 is 27.4 Å². The molecule has 1 aromatic carbocycles. The minimum absolute atomic E-state index is 0.0389. The molecule has 1 aromatic heterocycles. The molecule has 24 heavy (non-hydrogen) atoms. The third-order valence-electron chi connectivity index (χ3n) is 3.04. The summed E-state index contributed by atoms with van der Waals surface area (Å²) in [7, 11) is 1.15. The van der Waals surface area contributed by atoms with Crippen molar-refractivity contribution in [2.75, 3.05) is 19.5 Å². The second-order valence-corrected chi connectivity index (χ2v) is 4.68. The minimum Gasteiger partial charge on any atom is -0.484 e. The SMILES string of the molecule is COC(=O)c1c(N)c(C#N)cn1-c1cccc(OCC(F)(F)F)c1. The van der Waals surface area contributed by atoms with Crippen LogP contribution in [0.2, 0.25) is 0 Å². The molecule has 9 heteroatoms. The number of methoxy groups -OCH3 is 1. The second-order valence-electron chi connectivity index (χ2n) is 4.68. The highest BCUT2D eigenvalue weighted by Crippen LogP contribution is 2.27. The number of halogens is 3. The topological polar surface area (TPSA) is 90.3 Å². The lowest BCUT2D eigenvalue weighted by atomic mass is 10.2. The van der Waals surface area contributed by atoms with Gasteiger partial charge in [-0.1, -0.05) is 6.07 Å². The molecule has 2 aromatic rings. The molecule has 2 N–H and O–H groups in total. The van der Waals surface area contributed by atoms with Gasteiger partial charge in [-0.2, -0.15) is 18.4 Å². The first kappa shape index (κ1) is 17.2. The number of carbonyl (C=O) groups excluding carboxylic acids is 1. The molecular weight excluding hydrogens is 327 g/mol. The summed E-state index contributed by atoms with van der Waals surface area (Å²) >= 11 is 0. The fourth-order valence-corrected chi connectivity index (χ4v) is 2.01. The standard InChI is InChI=1S/C15H12F3N3O3/c1-23-14(22)13-12(20)9(6-19)7-21(13)10-3-2-4-11(5-10)24-8-15(16,17)18/h2-5,7H,8,20H2,1H3. The molecule has 0 amide bonds. The Morgan fingerprint density at radius 2 is 2.12 bits per heavy atom. The molecule has 6 nitrogen and oxygen atoms in total. The Labute approximate surface area is 134 Å². The Morgan fingerprint density at radius 1 is 1.42 bits per heavy atom. The van der Waals surface area contributed by atoms with E-state index in [1.165, 1.54) is 35.0 Å². The number of esters is 1. The van der Waals surface area contributed by atoms with Gasteiger partial charge in [-0.05, 0) is 12.1 Å². The Morgan fingerprint density at radius 3 is 2.71 bits per heavy atom. The first-order chi connectivity index (χ1) is 11.3. The molecule has 2 rings (SSSR count). The van der Waals surface area contributed by atoms with Gasteiger partial charge in [0.05, 0.1) is 18.4 Å². The average Bonchev–Trinajstić information content (AvgIpc) is 2.88. The van der Waals surface area contributed by atoms with Gasteiger partial charge in [0.15, 0.2) is 12.3 Å². The summed E-state index contributed by atoms with van der Waals surface area (Å²) in [6, 6.07) is 7.43. The van der Waals surface area contributed by atoms with E-state index in [4.69, 9.17) is 11.0 Å². The highest BCUT2D eigenvalue weighted by atomic mass is 19.4. The zero-order chi connectivity index (χ0) is 17.9. The Hall–Kier alpha value is -3.15. The first-order valence-corrected chi connectivity index (χ1v) is 6.56. The highest BCUT2D eigenvalue weighted by molar-refractivity contribution is 5.95. The lowest BCUT2D eigenvalue weighted by Crippen LogP contribution is -2.19. The van der Waals surface area contributed by atoms with Crippen LogP contribution in [-0.4, -0.2) is 30.4 Å². The zero-order valence-corrected chi connectivity index (χ0v) is 12.4. The number of nitrogens with zero attached hydrogens (tertiary/aromatic N) is 2. The van der Waals surface area contributed by atoms with Crippen LogP contribution in [-0.2, 0) is 4.74 Å². The number of benzene rings is 1. The quantitative estimate of drug-likeness (QED) is 0.865. The van der Waals surface area contributed by atoms with E-state index in [1.807, 2.05) is 6.07 Å². The van der Waals surface area contributed by atoms with Crippen LogP contribution in [0.4, 0.5) is 18.9 Å². The van der Waals surface area contributed by atoms with Gasteiger partial charge in [0.25, 0.3) is 0 Å². The van der Waals surface area contributed by atoms with Crippen LogP contribution in [0.25, 0.3) is 5.69 Å². The molecule has 0 atom stereocenters. The monoisotopic (exact) mass is 339 g/mol. The molecule has 126 valence electrons. The van der Waals surface area contributed by atoms with E-state index in [2.05, 4.69) is 9.47 Å². The number of anilines is 1. The van der Waals surface area contributed by atoms with Crippen LogP contribution < -0.4 is 10.5 Å². The van der Waals surface area contributed by atoms with Gasteiger partial charge >= 0.3 is 12.1 Å². The lowest BCUT2D eigenvalue weighted by Gasteiger charge is -2.12. The van der Waals surface area contributed by atoms with Crippen molar-refractivity contribution in [1.82, 2.24) is 4.57 Å². The Balaban J connectivity index is 2.45. The number of hydrogen-bond acceptors (Lipinski definition) is 5. The summed E-state index contributed by atoms with van der Waals surface area (Å²) in [5.74, 6) is -0.831. The second kappa shape index (κ2) is 6.54. The van der Waals surface area contributed by atoms with Crippen LogP contribution >= 0.6 is 0 Å². The maximum atomic E-state index is 12.2. The fraction of sp³-hybridized carbons (Fsp3) is 0.200. The summed E-state index contributed by atoms with van der Waals surface area (Å²) in [4.78, 5) is 11.9. The van der Waals surface area contributed by atoms with Gasteiger partial charge in [0, 0.05) is 18.0 Å². The highest BCUT2D eigenvalue weighted by Gasteiger charge is 2.28. The largest absolute Gasteiger partial charge is 0.484 e. The summed E-state index contributed by atoms with van der Waals surface area (Å²) in [5, 5.41) is 9.04. The van der Waals surface area contributed by atoms with E-state index in [0.717, 1.165) is 7.11 Å². The van der Waals surface area contributed by atoms with Crippen molar-refractivity contribution in [2.45, 2.75) is 6.18 Å². The fourth-order valence-electron chi connectivity index (χ4n) is 2.01. The minimum atomic E-state index is -4.47. The van der Waals surface area contributed by atoms with Gasteiger partial charge in [-0.25, -0.2) is 4.79 Å². The number of ether oxygens (including phenoxy) is 2. The number of hydrogen-bond donors (Lipinski definition) is 1. The van der Waals surface area contributed by atoms with Crippen molar-refractivity contribution in [1.29, 1.82) is 5.26 Å². The molecule has 0 saturated carbocycles. The van der Waals surface area contributed by atoms with Crippen molar-refractivity contribution in [3.8, 4) is 17.5 Å². The number of nitrogens with two attached hydrogens (primary N) is 1. The number of rotatable bonds is 4. The molecule has 0 aliphatic rings. The number of nitrogen functional groups attached to an aromatic ring is 1. The van der Waals surface area contributed by atoms with Crippen molar-refractivity contribution >= 4 is 11.7 Å². The van der Waals surface area contributed by atoms with Gasteiger partial charge in [-0.3, -0.25) is 0 Å². The van der Waals surface area contributed by atoms with Gasteiger partial charge in [0.1, 0.15) is 11.8 Å². The lowest BCUT2D eigenvalue weighted by molar-refractivity contribution is -0.153. The maximum absolute atomic E-state index is 12.2. The number of alkyl halides is 3. The summed E-state index contributed by atoms with van der Waals surface area (Å²) < 4.78 is 47.3. The third kappa shape index (κ3) is 3.60. The Bertz CT molecular complexity index is 807. The van der Waals surface area contributed by atoms with Crippen LogP contribution in [0.3, 0.4) is 0 Å². The third-order valence-corrected chi connectivity index (χ3v) is 3.04. The predicted molar refractivity (Wildman–Crippen MR) is 77.8 cm³/mol. The summed E-state index contributed by atoms with van der Waals surface area (Å²) in [6.45, 7) is -1.45. The molecule has 0 aliphatic carbocycles. The van der Waals surface area contributed by atoms with Gasteiger partial charge < -0.3 is 19.8 Å². The first-order valence-electron chi connectivity index (χ1n) is 6.56. The number of aromatic nitrogens is 1. The molecular formula is C15H12F3N3O3. The molecule has 0 fully saturated rings. The number of nitriles is 1. The average molecular weight is 339 g/mol. The van der Waals surface area contributed by atoms with E-state index in [9.17, 15) is 18.0 Å². The van der Waals surface area contributed by atoms with Crippen LogP contribution in [0.1, 0.15) is 16.1 Å². The van der Waals surface area contributed by atoms with Crippen LogP contribution in [0.5, 0.6) is 5.75 Å². The zero-order valence-electron chi connectivity index (χ0n) is 12.4. The van der Waals surface area contributed by atoms with Crippen molar-refractivity contribution in [3.63, 3.8) is 0 Å². The van der Waals surface area contributed by atoms with E-state index >= 15 is 0 Å². The molecule has 0 spiro atoms. The predicted octanol–water partition coefficient (Wildman–Crippen LogP) is 2.66. The maximum Gasteiger partial charge on any atom is 0.422 e. The number of carbonyl (C=O) groups is 1. The molecule has 0 bridgehead atoms. The molecule has 0 aliphatic heterocycles. The molecule has 1 heterocycles. The van der Waals surface area contributed by atoms with Crippen molar-refractivity contribution in [2.24, 2.45) is 0 Å². The normalized spacial score (nSPS) is 11.0. The van der Waals surface area contributed by atoms with E-state index in [-0.39, 0.29) is 22.7 Å². The van der Waals surface area contributed by atoms with Gasteiger partial charge in [-0.15, -0.1) is 0 Å². The van der Waals surface area contributed by atoms with Gasteiger partial charge in [0.2, 0.25) is 0 Å². The molecule has 0 radical (unpaired) electrons. The molecule has 0 saturated heterocycles. The van der Waals surface area contributed by atoms with Crippen molar-refractivity contribution in [3.05, 3.63) is 41.7 Å². The smallest absolute Gasteiger partial charge is 0.422 e. The Kier molecular flexibility index (Phi) is 4.69. The van der Waals surface area contributed by atoms with Crippen LogP contribution in [0, 0.1) is 11.3 Å². The van der Waals surface area contributed by atoms with E-state index in [1.54, 1.807) is 0 Å². The molecule has 0 unspecified atom stereocenters. The van der Waals surface area contributed by atoms with E-state index < -0.39 is 18.8 Å². The summed E-state index contributed by atoms with van der Waals surface area (Å²) in [5.41, 5.74) is 5.92.